The second-order valence-electron chi connectivity index (χ2n) is 4.46. The highest BCUT2D eigenvalue weighted by Crippen LogP contribution is 2.21. The summed E-state index contributed by atoms with van der Waals surface area (Å²) in [5.41, 5.74) is 0.0475. The minimum Gasteiger partial charge on any atom is -0.451 e. The molecule has 0 aliphatic rings. The minimum atomic E-state index is -2.98. The van der Waals surface area contributed by atoms with Gasteiger partial charge in [0.2, 0.25) is 0 Å². The van der Waals surface area contributed by atoms with Crippen molar-refractivity contribution in [3.05, 3.63) is 51.2 Å². The summed E-state index contributed by atoms with van der Waals surface area (Å²) in [6.45, 7) is -3.64. The van der Waals surface area contributed by atoms with Gasteiger partial charge in [0.15, 0.2) is 6.61 Å². The van der Waals surface area contributed by atoms with Gasteiger partial charge in [0.05, 0.1) is 4.34 Å². The largest absolute Gasteiger partial charge is 0.451 e. The molecule has 2 aromatic rings. The number of benzene rings is 1. The number of carbonyl (C=O) groups excluding carboxylic acids is 3. The number of hydrogen-bond donors (Lipinski definition) is 1. The molecule has 0 fully saturated rings. The lowest BCUT2D eigenvalue weighted by Gasteiger charge is -2.07. The number of carbonyl (C=O) groups is 3. The highest BCUT2D eigenvalue weighted by atomic mass is 35.5. The van der Waals surface area contributed by atoms with Gasteiger partial charge in [-0.15, -0.1) is 11.3 Å². The Morgan fingerprint density at radius 3 is 2.36 bits per heavy atom. The molecule has 10 heteroatoms. The van der Waals surface area contributed by atoms with Crippen molar-refractivity contribution in [3.63, 3.8) is 0 Å². The Morgan fingerprint density at radius 2 is 1.80 bits per heavy atom. The van der Waals surface area contributed by atoms with Crippen LogP contribution >= 0.6 is 22.9 Å². The van der Waals surface area contributed by atoms with Crippen LogP contribution in [0.4, 0.5) is 8.78 Å². The van der Waals surface area contributed by atoms with Crippen LogP contribution in [0.5, 0.6) is 5.75 Å². The molecule has 0 saturated carbocycles. The summed E-state index contributed by atoms with van der Waals surface area (Å²) in [4.78, 5) is 35.3. The zero-order valence-electron chi connectivity index (χ0n) is 12.3. The first kappa shape index (κ1) is 18.8. The normalized spacial score (nSPS) is 10.4. The third kappa shape index (κ3) is 5.80. The maximum absolute atomic E-state index is 12.0. The number of imide groups is 1. The first-order valence-electron chi connectivity index (χ1n) is 6.66. The highest BCUT2D eigenvalue weighted by molar-refractivity contribution is 7.17. The lowest BCUT2D eigenvalue weighted by Crippen LogP contribution is -2.34. The van der Waals surface area contributed by atoms with Crippen LogP contribution in [0.25, 0.3) is 0 Å². The molecular formula is C15H10ClF2NO5S. The molecule has 0 aliphatic heterocycles. The molecule has 1 N–H and O–H groups in total. The van der Waals surface area contributed by atoms with Crippen molar-refractivity contribution in [3.8, 4) is 5.75 Å². The van der Waals surface area contributed by atoms with E-state index in [2.05, 4.69) is 4.74 Å². The summed E-state index contributed by atoms with van der Waals surface area (Å²) in [6, 6.07) is 7.69. The Hall–Kier alpha value is -2.52. The van der Waals surface area contributed by atoms with Crippen LogP contribution in [-0.4, -0.2) is 31.0 Å². The molecule has 0 atom stereocenters. The van der Waals surface area contributed by atoms with Crippen LogP contribution in [0.3, 0.4) is 0 Å². The van der Waals surface area contributed by atoms with Gasteiger partial charge in [-0.3, -0.25) is 14.9 Å². The van der Waals surface area contributed by atoms with E-state index in [9.17, 15) is 23.2 Å². The Kier molecular flexibility index (Phi) is 6.43. The van der Waals surface area contributed by atoms with E-state index in [1.807, 2.05) is 5.32 Å². The smallest absolute Gasteiger partial charge is 0.387 e. The standard InChI is InChI=1S/C15H10ClF2NO5S/c16-11-6-5-10(25-11)14(22)23-7-12(20)19-13(21)8-1-3-9(4-2-8)24-15(17)18/h1-6,15H,7H2,(H,19,20,21). The van der Waals surface area contributed by atoms with Gasteiger partial charge in [0, 0.05) is 5.56 Å². The van der Waals surface area contributed by atoms with Gasteiger partial charge in [-0.25, -0.2) is 4.79 Å². The lowest BCUT2D eigenvalue weighted by atomic mass is 10.2. The van der Waals surface area contributed by atoms with Crippen molar-refractivity contribution in [1.82, 2.24) is 5.32 Å². The van der Waals surface area contributed by atoms with Gasteiger partial charge in [-0.05, 0) is 36.4 Å². The summed E-state index contributed by atoms with van der Waals surface area (Å²) in [6.07, 6.45) is 0. The number of rotatable bonds is 6. The molecule has 0 radical (unpaired) electrons. The molecule has 0 unspecified atom stereocenters. The molecule has 2 amide bonds. The Labute approximate surface area is 149 Å². The van der Waals surface area contributed by atoms with E-state index in [0.717, 1.165) is 23.5 Å². The maximum atomic E-state index is 12.0. The number of amides is 2. The van der Waals surface area contributed by atoms with Crippen molar-refractivity contribution in [1.29, 1.82) is 0 Å². The van der Waals surface area contributed by atoms with Gasteiger partial charge in [0.1, 0.15) is 10.6 Å². The van der Waals surface area contributed by atoms with Gasteiger partial charge in [-0.1, -0.05) is 11.6 Å². The van der Waals surface area contributed by atoms with Crippen molar-refractivity contribution in [2.45, 2.75) is 6.61 Å². The summed E-state index contributed by atoms with van der Waals surface area (Å²) in [7, 11) is 0. The number of nitrogens with one attached hydrogen (secondary N) is 1. The van der Waals surface area contributed by atoms with Crippen LogP contribution in [0.1, 0.15) is 20.0 Å². The first-order valence-corrected chi connectivity index (χ1v) is 7.86. The van der Waals surface area contributed by atoms with Gasteiger partial charge < -0.3 is 9.47 Å². The Bertz CT molecular complexity index is 778. The molecule has 25 heavy (non-hydrogen) atoms. The molecule has 1 aromatic heterocycles. The summed E-state index contributed by atoms with van der Waals surface area (Å²) >= 11 is 6.67. The quantitative estimate of drug-likeness (QED) is 0.768. The zero-order valence-corrected chi connectivity index (χ0v) is 13.9. The Balaban J connectivity index is 1.83. The van der Waals surface area contributed by atoms with Crippen molar-refractivity contribution < 1.29 is 32.6 Å². The van der Waals surface area contributed by atoms with Gasteiger partial charge >= 0.3 is 12.6 Å². The molecule has 0 saturated heterocycles. The fourth-order valence-corrected chi connectivity index (χ4v) is 2.59. The molecule has 0 aliphatic carbocycles. The van der Waals surface area contributed by atoms with Crippen LogP contribution in [0, 0.1) is 0 Å². The molecule has 1 heterocycles. The van der Waals surface area contributed by atoms with Crippen LogP contribution < -0.4 is 10.1 Å². The molecular weight excluding hydrogens is 380 g/mol. The molecule has 2 rings (SSSR count). The fourth-order valence-electron chi connectivity index (χ4n) is 1.65. The molecule has 132 valence electrons. The maximum Gasteiger partial charge on any atom is 0.387 e. The predicted molar refractivity (Wildman–Crippen MR) is 85.2 cm³/mol. The molecule has 1 aromatic carbocycles. The second kappa shape index (κ2) is 8.54. The molecule has 0 bridgehead atoms. The minimum absolute atomic E-state index is 0.0475. The predicted octanol–water partition coefficient (Wildman–Crippen LogP) is 3.12. The van der Waals surface area contributed by atoms with E-state index in [-0.39, 0.29) is 16.2 Å². The second-order valence-corrected chi connectivity index (χ2v) is 6.18. The summed E-state index contributed by atoms with van der Waals surface area (Å²) in [5.74, 6) is -2.48. The lowest BCUT2D eigenvalue weighted by molar-refractivity contribution is -0.123. The molecule has 0 spiro atoms. The van der Waals surface area contributed by atoms with Crippen LogP contribution in [-0.2, 0) is 9.53 Å². The summed E-state index contributed by atoms with van der Waals surface area (Å²) in [5, 5.41) is 2.00. The zero-order chi connectivity index (χ0) is 18.4. The number of esters is 1. The third-order valence-electron chi connectivity index (χ3n) is 2.70. The Morgan fingerprint density at radius 1 is 1.12 bits per heavy atom. The van der Waals surface area contributed by atoms with E-state index in [0.29, 0.717) is 4.34 Å². The molecule has 6 nitrogen and oxygen atoms in total. The van der Waals surface area contributed by atoms with Gasteiger partial charge in [0.25, 0.3) is 11.8 Å². The van der Waals surface area contributed by atoms with Crippen molar-refractivity contribution >= 4 is 40.7 Å². The van der Waals surface area contributed by atoms with Crippen molar-refractivity contribution in [2.24, 2.45) is 0 Å². The van der Waals surface area contributed by atoms with Crippen LogP contribution in [0.15, 0.2) is 36.4 Å². The van der Waals surface area contributed by atoms with E-state index < -0.39 is 31.0 Å². The highest BCUT2D eigenvalue weighted by Gasteiger charge is 2.15. The average Bonchev–Trinajstić information content (AvgIpc) is 2.99. The number of thiophene rings is 1. The van der Waals surface area contributed by atoms with Gasteiger partial charge in [-0.2, -0.15) is 8.78 Å². The SMILES string of the molecule is O=C(COC(=O)c1ccc(Cl)s1)NC(=O)c1ccc(OC(F)F)cc1. The van der Waals surface area contributed by atoms with E-state index in [1.165, 1.54) is 24.3 Å². The first-order chi connectivity index (χ1) is 11.8. The summed E-state index contributed by atoms with van der Waals surface area (Å²) < 4.78 is 33.3. The fraction of sp³-hybridized carbons (Fsp3) is 0.133. The number of alkyl halides is 2. The monoisotopic (exact) mass is 389 g/mol. The van der Waals surface area contributed by atoms with E-state index >= 15 is 0 Å². The van der Waals surface area contributed by atoms with E-state index in [4.69, 9.17) is 16.3 Å². The van der Waals surface area contributed by atoms with E-state index in [1.54, 1.807) is 0 Å². The van der Waals surface area contributed by atoms with Crippen molar-refractivity contribution in [2.75, 3.05) is 6.61 Å². The topological polar surface area (TPSA) is 81.7 Å². The number of halogens is 3. The number of hydrogen-bond acceptors (Lipinski definition) is 6. The van der Waals surface area contributed by atoms with Crippen LogP contribution in [0.2, 0.25) is 4.34 Å². The average molecular weight is 390 g/mol. The number of ether oxygens (including phenoxy) is 2. The third-order valence-corrected chi connectivity index (χ3v) is 3.91.